The highest BCUT2D eigenvalue weighted by atomic mass is 35.5. The number of hydrogen-bond donors (Lipinski definition) is 1. The minimum Gasteiger partial charge on any atom is -0.464 e. The molecule has 0 aromatic heterocycles. The average Bonchev–Trinajstić information content (AvgIpc) is 2.86. The van der Waals surface area contributed by atoms with E-state index in [0.717, 1.165) is 64.2 Å². The van der Waals surface area contributed by atoms with Crippen LogP contribution < -0.4 is 5.73 Å². The van der Waals surface area contributed by atoms with Gasteiger partial charge in [0.25, 0.3) is 0 Å². The molecule has 1 amide bonds. The minimum absolute atomic E-state index is 0. The third-order valence-electron chi connectivity index (χ3n) is 5.97. The van der Waals surface area contributed by atoms with Crippen molar-refractivity contribution < 1.29 is 18.4 Å². The first kappa shape index (κ1) is 30.7. The van der Waals surface area contributed by atoms with Crippen LogP contribution in [0.1, 0.15) is 140 Å². The number of hydrogen-bond acceptors (Lipinski definition) is 3. The van der Waals surface area contributed by atoms with Gasteiger partial charge in [0.2, 0.25) is 5.91 Å². The summed E-state index contributed by atoms with van der Waals surface area (Å²) < 4.78 is 28.1. The maximum Gasteiger partial charge on any atom is 0.325 e. The second kappa shape index (κ2) is 28.0. The number of carbonyl (C=O) groups excluding carboxylic acids is 2. The summed E-state index contributed by atoms with van der Waals surface area (Å²) in [6.07, 6.45) is 25.0. The van der Waals surface area contributed by atoms with Crippen molar-refractivity contribution in [3.05, 3.63) is 12.2 Å². The molecule has 212 valence electrons. The van der Waals surface area contributed by atoms with E-state index in [2.05, 4.69) is 31.0 Å². The molecule has 0 rings (SSSR count). The molecule has 0 aliphatic carbocycles. The van der Waals surface area contributed by atoms with E-state index in [0.29, 0.717) is 11.3 Å². The largest absolute Gasteiger partial charge is 0.464 e. The Morgan fingerprint density at radius 3 is 1.86 bits per heavy atom. The van der Waals surface area contributed by atoms with Gasteiger partial charge in [-0.25, -0.2) is 0 Å². The maximum absolute atomic E-state index is 12.2. The Kier molecular flexibility index (Phi) is 23.9. The van der Waals surface area contributed by atoms with Crippen molar-refractivity contribution >= 4 is 30.2 Å². The van der Waals surface area contributed by atoms with Crippen LogP contribution in [0.2, 0.25) is 0 Å². The SMILES string of the molecule is Cl.[2H]C([2H])([2H])N(CC(=O)OCCCCCCC)C(N)=NC(=O)CCCCCCC/C=C\CCCCCCCC. The molecule has 0 radical (unpaired) electrons. The predicted octanol–water partition coefficient (Wildman–Crippen LogP) is 7.73. The van der Waals surface area contributed by atoms with E-state index in [1.54, 1.807) is 0 Å². The molecule has 0 saturated carbocycles. The molecule has 0 unspecified atom stereocenters. The molecule has 0 fully saturated rings. The van der Waals surface area contributed by atoms with Gasteiger partial charge in [0.1, 0.15) is 6.54 Å². The van der Waals surface area contributed by atoms with Crippen molar-refractivity contribution in [3.8, 4) is 0 Å². The highest BCUT2D eigenvalue weighted by molar-refractivity contribution is 5.93. The molecule has 36 heavy (non-hydrogen) atoms. The molecule has 0 aliphatic heterocycles. The smallest absolute Gasteiger partial charge is 0.325 e. The molecule has 0 aliphatic rings. The van der Waals surface area contributed by atoms with E-state index in [1.807, 2.05) is 0 Å². The van der Waals surface area contributed by atoms with Gasteiger partial charge in [-0.3, -0.25) is 9.59 Å². The highest BCUT2D eigenvalue weighted by Gasteiger charge is 2.11. The van der Waals surface area contributed by atoms with Crippen LogP contribution in [0, 0.1) is 0 Å². The summed E-state index contributed by atoms with van der Waals surface area (Å²) in [7, 11) is 0. The van der Waals surface area contributed by atoms with Crippen LogP contribution in [0.5, 0.6) is 0 Å². The van der Waals surface area contributed by atoms with Crippen molar-refractivity contribution in [2.45, 2.75) is 136 Å². The minimum atomic E-state index is -2.70. The molecule has 0 bridgehead atoms. The fourth-order valence-corrected chi connectivity index (χ4v) is 3.74. The van der Waals surface area contributed by atoms with Crippen LogP contribution in [0.15, 0.2) is 17.1 Å². The zero-order valence-electron chi connectivity index (χ0n) is 26.1. The number of guanidine groups is 1. The molecule has 0 spiro atoms. The Labute approximate surface area is 232 Å². The van der Waals surface area contributed by atoms with Gasteiger partial charge in [0, 0.05) is 17.5 Å². The van der Waals surface area contributed by atoms with Crippen LogP contribution >= 0.6 is 12.4 Å². The number of amides is 1. The standard InChI is InChI=1S/C29H55N3O3.ClH/c1-4-6-8-10-11-12-13-14-15-16-17-18-19-20-22-24-27(33)31-29(30)32(3)26-28(34)35-25-23-21-9-7-5-2;/h14-15H,4-13,16-26H2,1-3H3,(H2,30,31,33);1H/b15-14-;/i3D3;. The molecule has 0 saturated heterocycles. The molecule has 0 atom stereocenters. The molecule has 0 aromatic rings. The monoisotopic (exact) mass is 532 g/mol. The fraction of sp³-hybridized carbons (Fsp3) is 0.828. The van der Waals surface area contributed by atoms with Crippen LogP contribution in [0.25, 0.3) is 0 Å². The van der Waals surface area contributed by atoms with Crippen molar-refractivity contribution in [2.24, 2.45) is 10.7 Å². The lowest BCUT2D eigenvalue weighted by molar-refractivity contribution is -0.144. The summed E-state index contributed by atoms with van der Waals surface area (Å²) in [5, 5.41) is 0. The number of nitrogens with two attached hydrogens (primary N) is 1. The summed E-state index contributed by atoms with van der Waals surface area (Å²) in [5.41, 5.74) is 5.80. The first-order valence-corrected chi connectivity index (χ1v) is 14.2. The van der Waals surface area contributed by atoms with E-state index < -0.39 is 31.4 Å². The topological polar surface area (TPSA) is 85.0 Å². The van der Waals surface area contributed by atoms with Gasteiger partial charge in [0.05, 0.1) is 6.61 Å². The van der Waals surface area contributed by atoms with Gasteiger partial charge in [-0.05, 0) is 38.5 Å². The lowest BCUT2D eigenvalue weighted by Crippen LogP contribution is -2.39. The Hall–Kier alpha value is -1.56. The zero-order valence-corrected chi connectivity index (χ0v) is 23.9. The molecular weight excluding hydrogens is 474 g/mol. The van der Waals surface area contributed by atoms with Crippen LogP contribution in [0.4, 0.5) is 0 Å². The lowest BCUT2D eigenvalue weighted by atomic mass is 10.1. The number of rotatable bonds is 23. The number of esters is 1. The molecule has 6 nitrogen and oxygen atoms in total. The van der Waals surface area contributed by atoms with Gasteiger partial charge in [-0.15, -0.1) is 12.4 Å². The summed E-state index contributed by atoms with van der Waals surface area (Å²) in [5.74, 6) is -1.64. The fourth-order valence-electron chi connectivity index (χ4n) is 3.74. The Morgan fingerprint density at radius 2 is 1.31 bits per heavy atom. The molecular formula is C29H56ClN3O3. The van der Waals surface area contributed by atoms with E-state index in [-0.39, 0.29) is 25.4 Å². The number of halogens is 1. The lowest BCUT2D eigenvalue weighted by Gasteiger charge is -2.16. The van der Waals surface area contributed by atoms with Gasteiger partial charge < -0.3 is 15.4 Å². The first-order chi connectivity index (χ1) is 18.2. The number of carbonyl (C=O) groups is 2. The zero-order chi connectivity index (χ0) is 28.5. The van der Waals surface area contributed by atoms with Crippen molar-refractivity contribution in [1.82, 2.24) is 4.90 Å². The molecule has 2 N–H and O–H groups in total. The maximum atomic E-state index is 12.2. The second-order valence-electron chi connectivity index (χ2n) is 9.42. The normalized spacial score (nSPS) is 13.1. The number of aliphatic imine (C=N–C) groups is 1. The second-order valence-corrected chi connectivity index (χ2v) is 9.42. The van der Waals surface area contributed by atoms with E-state index in [4.69, 9.17) is 14.6 Å². The van der Waals surface area contributed by atoms with Gasteiger partial charge in [-0.2, -0.15) is 4.99 Å². The number of nitrogens with zero attached hydrogens (tertiary/aromatic N) is 2. The Morgan fingerprint density at radius 1 is 0.806 bits per heavy atom. The number of likely N-dealkylation sites (N-methyl/N-ethyl adjacent to an activating group) is 1. The quantitative estimate of drug-likeness (QED) is 0.0478. The van der Waals surface area contributed by atoms with Crippen LogP contribution in [0.3, 0.4) is 0 Å². The average molecular weight is 533 g/mol. The Bertz CT molecular complexity index is 674. The van der Waals surface area contributed by atoms with Crippen molar-refractivity contribution in [3.63, 3.8) is 0 Å². The summed E-state index contributed by atoms with van der Waals surface area (Å²) in [4.78, 5) is 28.7. The van der Waals surface area contributed by atoms with Crippen LogP contribution in [-0.4, -0.2) is 42.9 Å². The summed E-state index contributed by atoms with van der Waals surface area (Å²) in [6.45, 7) is 1.34. The third-order valence-corrected chi connectivity index (χ3v) is 5.97. The van der Waals surface area contributed by atoms with E-state index in [9.17, 15) is 9.59 Å². The van der Waals surface area contributed by atoms with Gasteiger partial charge >= 0.3 is 5.97 Å². The predicted molar refractivity (Wildman–Crippen MR) is 156 cm³/mol. The van der Waals surface area contributed by atoms with Crippen molar-refractivity contribution in [1.29, 1.82) is 0 Å². The third kappa shape index (κ3) is 25.5. The number of allylic oxidation sites excluding steroid dienone is 2. The molecule has 0 aromatic carbocycles. The number of ether oxygens (including phenoxy) is 1. The van der Waals surface area contributed by atoms with Gasteiger partial charge in [0.15, 0.2) is 5.96 Å². The van der Waals surface area contributed by atoms with Crippen molar-refractivity contribution in [2.75, 3.05) is 20.1 Å². The summed E-state index contributed by atoms with van der Waals surface area (Å²) >= 11 is 0. The number of unbranched alkanes of at least 4 members (excludes halogenated alkanes) is 15. The highest BCUT2D eigenvalue weighted by Crippen LogP contribution is 2.10. The molecule has 0 heterocycles. The first-order valence-electron chi connectivity index (χ1n) is 15.7. The summed E-state index contributed by atoms with van der Waals surface area (Å²) in [6, 6.07) is 0. The Balaban J connectivity index is 0. The molecule has 7 heteroatoms. The van der Waals surface area contributed by atoms with E-state index >= 15 is 0 Å². The van der Waals surface area contributed by atoms with Gasteiger partial charge in [-0.1, -0.05) is 103 Å². The van der Waals surface area contributed by atoms with Crippen LogP contribution in [-0.2, 0) is 14.3 Å². The van der Waals surface area contributed by atoms with E-state index in [1.165, 1.54) is 44.9 Å².